The summed E-state index contributed by atoms with van der Waals surface area (Å²) in [4.78, 5) is 34.3. The predicted octanol–water partition coefficient (Wildman–Crippen LogP) is 2.28. The number of carbonyl (C=O) groups is 2. The lowest BCUT2D eigenvalue weighted by Crippen LogP contribution is -2.57. The van der Waals surface area contributed by atoms with E-state index in [1.54, 1.807) is 12.3 Å². The third-order valence-corrected chi connectivity index (χ3v) is 6.54. The van der Waals surface area contributed by atoms with Gasteiger partial charge in [-0.05, 0) is 57.2 Å². The maximum absolute atomic E-state index is 12.9. The summed E-state index contributed by atoms with van der Waals surface area (Å²) in [6, 6.07) is 1.89. The average molecular weight is 382 g/mol. The number of likely N-dealkylation sites (tertiary alicyclic amines) is 1. The molecule has 4 aliphatic heterocycles. The molecular formula is C21H26N4O3. The van der Waals surface area contributed by atoms with Crippen molar-refractivity contribution in [3.8, 4) is 0 Å². The van der Waals surface area contributed by atoms with Crippen LogP contribution < -0.4 is 5.32 Å². The van der Waals surface area contributed by atoms with E-state index in [9.17, 15) is 9.59 Å². The fourth-order valence-electron chi connectivity index (χ4n) is 4.86. The molecule has 4 aliphatic rings. The molecule has 7 heteroatoms. The Morgan fingerprint density at radius 3 is 2.61 bits per heavy atom. The van der Waals surface area contributed by atoms with Crippen molar-refractivity contribution in [1.82, 2.24) is 20.1 Å². The molecule has 1 atom stereocenters. The Bertz CT molecular complexity index is 894. The molecule has 2 bridgehead atoms. The Hall–Kier alpha value is -2.41. The molecule has 0 saturated carbocycles. The first kappa shape index (κ1) is 17.7. The summed E-state index contributed by atoms with van der Waals surface area (Å²) in [6.07, 6.45) is 8.59. The number of nitrogens with one attached hydrogen (secondary N) is 1. The minimum Gasteiger partial charge on any atom is -0.462 e. The van der Waals surface area contributed by atoms with Crippen LogP contribution in [0.25, 0.3) is 11.0 Å². The van der Waals surface area contributed by atoms with Gasteiger partial charge in [-0.15, -0.1) is 0 Å². The lowest BCUT2D eigenvalue weighted by molar-refractivity contribution is 0.0617. The molecule has 6 rings (SSSR count). The Labute approximate surface area is 164 Å². The second kappa shape index (κ2) is 7.20. The standard InChI is InChI=1S/C21H26N4O3/c26-20(23-18-12-24-8-4-14(18)5-9-24)17-10-15-16(13-28-19(15)11-22-17)21(27)25-6-2-1-3-7-25/h10-11,13-14,18H,1-9,12H2,(H,23,26)/t18-/m0/s1. The van der Waals surface area contributed by atoms with Gasteiger partial charge < -0.3 is 19.5 Å². The van der Waals surface area contributed by atoms with Gasteiger partial charge in [-0.3, -0.25) is 9.59 Å². The summed E-state index contributed by atoms with van der Waals surface area (Å²) in [5, 5.41) is 3.84. The second-order valence-electron chi connectivity index (χ2n) is 8.29. The van der Waals surface area contributed by atoms with Gasteiger partial charge in [0.1, 0.15) is 12.0 Å². The van der Waals surface area contributed by atoms with Gasteiger partial charge in [-0.1, -0.05) is 0 Å². The molecule has 4 saturated heterocycles. The normalized spacial score (nSPS) is 27.1. The molecular weight excluding hydrogens is 356 g/mol. The monoisotopic (exact) mass is 382 g/mol. The van der Waals surface area contributed by atoms with Crippen LogP contribution in [0.15, 0.2) is 22.9 Å². The molecule has 7 nitrogen and oxygen atoms in total. The van der Waals surface area contributed by atoms with E-state index in [4.69, 9.17) is 4.42 Å². The molecule has 0 spiro atoms. The SMILES string of the molecule is O=C(N[C@H]1CN2CCC1CC2)c1cc2c(C(=O)N3CCCCC3)coc2cn1. The summed E-state index contributed by atoms with van der Waals surface area (Å²) in [7, 11) is 0. The molecule has 0 aromatic carbocycles. The van der Waals surface area contributed by atoms with Crippen LogP contribution in [-0.2, 0) is 0 Å². The van der Waals surface area contributed by atoms with Gasteiger partial charge >= 0.3 is 0 Å². The minimum atomic E-state index is -0.168. The quantitative estimate of drug-likeness (QED) is 0.881. The first-order valence-electron chi connectivity index (χ1n) is 10.4. The number of fused-ring (bicyclic) bond motifs is 4. The number of piperidine rings is 4. The van der Waals surface area contributed by atoms with Crippen molar-refractivity contribution in [3.05, 3.63) is 29.8 Å². The van der Waals surface area contributed by atoms with Crippen LogP contribution in [-0.4, -0.2) is 65.4 Å². The minimum absolute atomic E-state index is 0.0200. The molecule has 2 aromatic heterocycles. The number of hydrogen-bond donors (Lipinski definition) is 1. The average Bonchev–Trinajstić information content (AvgIpc) is 3.18. The predicted molar refractivity (Wildman–Crippen MR) is 104 cm³/mol. The van der Waals surface area contributed by atoms with Gasteiger partial charge in [-0.2, -0.15) is 0 Å². The van der Waals surface area contributed by atoms with E-state index in [0.29, 0.717) is 28.1 Å². The van der Waals surface area contributed by atoms with Crippen molar-refractivity contribution in [1.29, 1.82) is 0 Å². The van der Waals surface area contributed by atoms with Gasteiger partial charge in [0.15, 0.2) is 5.58 Å². The van der Waals surface area contributed by atoms with Crippen LogP contribution in [0, 0.1) is 5.92 Å². The zero-order valence-corrected chi connectivity index (χ0v) is 16.0. The topological polar surface area (TPSA) is 78.7 Å². The molecule has 4 fully saturated rings. The molecule has 0 radical (unpaired) electrons. The van der Waals surface area contributed by atoms with Gasteiger partial charge in [-0.25, -0.2) is 4.98 Å². The largest absolute Gasteiger partial charge is 0.462 e. The Morgan fingerprint density at radius 2 is 1.89 bits per heavy atom. The van der Waals surface area contributed by atoms with E-state index in [2.05, 4.69) is 15.2 Å². The molecule has 2 amide bonds. The van der Waals surface area contributed by atoms with E-state index >= 15 is 0 Å². The number of furan rings is 1. The summed E-state index contributed by atoms with van der Waals surface area (Å²) < 4.78 is 5.54. The third kappa shape index (κ3) is 3.17. The zero-order chi connectivity index (χ0) is 19.1. The van der Waals surface area contributed by atoms with E-state index in [0.717, 1.165) is 58.4 Å². The number of hydrogen-bond acceptors (Lipinski definition) is 5. The number of amides is 2. The van der Waals surface area contributed by atoms with Crippen molar-refractivity contribution < 1.29 is 14.0 Å². The smallest absolute Gasteiger partial charge is 0.270 e. The van der Waals surface area contributed by atoms with E-state index in [-0.39, 0.29) is 17.9 Å². The number of pyridine rings is 1. The molecule has 0 aliphatic carbocycles. The maximum atomic E-state index is 12.9. The number of nitrogens with zero attached hydrogens (tertiary/aromatic N) is 3. The van der Waals surface area contributed by atoms with Crippen LogP contribution in [0.4, 0.5) is 0 Å². The van der Waals surface area contributed by atoms with Crippen molar-refractivity contribution in [2.24, 2.45) is 5.92 Å². The van der Waals surface area contributed by atoms with E-state index in [1.165, 1.54) is 12.7 Å². The summed E-state index contributed by atoms with van der Waals surface area (Å²) >= 11 is 0. The number of carbonyl (C=O) groups excluding carboxylic acids is 2. The van der Waals surface area contributed by atoms with Crippen molar-refractivity contribution >= 4 is 22.8 Å². The Kier molecular flexibility index (Phi) is 4.55. The van der Waals surface area contributed by atoms with Gasteiger partial charge in [0.25, 0.3) is 11.8 Å². The second-order valence-corrected chi connectivity index (χ2v) is 8.29. The highest BCUT2D eigenvalue weighted by Crippen LogP contribution is 2.28. The van der Waals surface area contributed by atoms with Crippen LogP contribution in [0.1, 0.15) is 53.0 Å². The zero-order valence-electron chi connectivity index (χ0n) is 16.0. The molecule has 0 unspecified atom stereocenters. The van der Waals surface area contributed by atoms with Crippen LogP contribution in [0.5, 0.6) is 0 Å². The summed E-state index contributed by atoms with van der Waals surface area (Å²) in [5.74, 6) is 0.370. The van der Waals surface area contributed by atoms with Crippen LogP contribution in [0.2, 0.25) is 0 Å². The Balaban J connectivity index is 1.36. The Morgan fingerprint density at radius 1 is 1.11 bits per heavy atom. The van der Waals surface area contributed by atoms with Crippen molar-refractivity contribution in [2.45, 2.75) is 38.1 Å². The number of aromatic nitrogens is 1. The highest BCUT2D eigenvalue weighted by molar-refractivity contribution is 6.07. The maximum Gasteiger partial charge on any atom is 0.270 e. The molecule has 2 aromatic rings. The van der Waals surface area contributed by atoms with Crippen molar-refractivity contribution in [3.63, 3.8) is 0 Å². The first-order chi connectivity index (χ1) is 13.7. The van der Waals surface area contributed by atoms with Crippen molar-refractivity contribution in [2.75, 3.05) is 32.7 Å². The highest BCUT2D eigenvalue weighted by atomic mass is 16.3. The van der Waals surface area contributed by atoms with E-state index < -0.39 is 0 Å². The first-order valence-corrected chi connectivity index (χ1v) is 10.4. The molecule has 28 heavy (non-hydrogen) atoms. The summed E-state index contributed by atoms with van der Waals surface area (Å²) in [5.41, 5.74) is 1.41. The molecule has 148 valence electrons. The fraction of sp³-hybridized carbons (Fsp3) is 0.571. The summed E-state index contributed by atoms with van der Waals surface area (Å²) in [6.45, 7) is 4.76. The highest BCUT2D eigenvalue weighted by Gasteiger charge is 2.35. The third-order valence-electron chi connectivity index (χ3n) is 6.54. The van der Waals surface area contributed by atoms with E-state index in [1.807, 2.05) is 4.90 Å². The fourth-order valence-corrected chi connectivity index (χ4v) is 4.86. The number of rotatable bonds is 3. The van der Waals surface area contributed by atoms with Gasteiger partial charge in [0.2, 0.25) is 0 Å². The van der Waals surface area contributed by atoms with Gasteiger partial charge in [0.05, 0.1) is 11.8 Å². The lowest BCUT2D eigenvalue weighted by atomic mass is 9.84. The van der Waals surface area contributed by atoms with Crippen LogP contribution in [0.3, 0.4) is 0 Å². The lowest BCUT2D eigenvalue weighted by Gasteiger charge is -2.44. The molecule has 6 heterocycles. The molecule has 1 N–H and O–H groups in total. The van der Waals surface area contributed by atoms with Crippen LogP contribution >= 0.6 is 0 Å². The van der Waals surface area contributed by atoms with Gasteiger partial charge in [0, 0.05) is 31.1 Å².